The van der Waals surface area contributed by atoms with Crippen molar-refractivity contribution in [3.8, 4) is 0 Å². The molecule has 2 heterocycles. The van der Waals surface area contributed by atoms with Gasteiger partial charge in [-0.05, 0) is 38.0 Å². The summed E-state index contributed by atoms with van der Waals surface area (Å²) in [5.74, 6) is 0.787. The zero-order chi connectivity index (χ0) is 13.6. The van der Waals surface area contributed by atoms with Crippen LogP contribution in [0.5, 0.6) is 0 Å². The summed E-state index contributed by atoms with van der Waals surface area (Å²) in [5.41, 5.74) is 1.35. The first-order chi connectivity index (χ1) is 9.75. The van der Waals surface area contributed by atoms with Crippen molar-refractivity contribution in [1.29, 1.82) is 0 Å². The molecule has 0 amide bonds. The molecule has 0 radical (unpaired) electrons. The van der Waals surface area contributed by atoms with E-state index < -0.39 is 0 Å². The normalized spacial score (nSPS) is 33.8. The van der Waals surface area contributed by atoms with E-state index in [1.54, 1.807) is 4.68 Å². The molecule has 4 rings (SSSR count). The highest BCUT2D eigenvalue weighted by molar-refractivity contribution is 5.08. The minimum atomic E-state index is 0.236. The Labute approximate surface area is 120 Å². The smallest absolute Gasteiger partial charge is 0.0834 e. The fraction of sp³-hybridized carbons (Fsp3) is 0.867. The van der Waals surface area contributed by atoms with Gasteiger partial charge in [-0.1, -0.05) is 5.21 Å². The maximum absolute atomic E-state index is 6.13. The van der Waals surface area contributed by atoms with Crippen molar-refractivity contribution >= 4 is 0 Å². The molecule has 110 valence electrons. The Hall–Kier alpha value is -0.940. The van der Waals surface area contributed by atoms with Gasteiger partial charge in [0.1, 0.15) is 0 Å². The van der Waals surface area contributed by atoms with Crippen LogP contribution in [-0.4, -0.2) is 40.3 Å². The largest absolute Gasteiger partial charge is 0.377 e. The highest BCUT2D eigenvalue weighted by atomic mass is 16.5. The zero-order valence-electron chi connectivity index (χ0n) is 12.2. The summed E-state index contributed by atoms with van der Waals surface area (Å²) in [7, 11) is 1.94. The average molecular weight is 276 g/mol. The first kappa shape index (κ1) is 12.8. The molecule has 1 aromatic rings. The van der Waals surface area contributed by atoms with Gasteiger partial charge in [0.2, 0.25) is 0 Å². The molecule has 3 aliphatic rings. The van der Waals surface area contributed by atoms with Crippen LogP contribution in [0.1, 0.15) is 37.8 Å². The predicted octanol–water partition coefficient (Wildman–Crippen LogP) is 1.29. The number of hydrogen-bond acceptors (Lipinski definition) is 4. The lowest BCUT2D eigenvalue weighted by molar-refractivity contribution is 0.0300. The Morgan fingerprint density at radius 2 is 2.25 bits per heavy atom. The number of hydrogen-bond donors (Lipinski definition) is 1. The van der Waals surface area contributed by atoms with E-state index in [4.69, 9.17) is 4.74 Å². The number of aryl methyl sites for hydroxylation is 1. The van der Waals surface area contributed by atoms with Gasteiger partial charge in [0.25, 0.3) is 0 Å². The van der Waals surface area contributed by atoms with Gasteiger partial charge in [-0.25, -0.2) is 0 Å². The minimum absolute atomic E-state index is 0.236. The maximum Gasteiger partial charge on any atom is 0.0834 e. The summed E-state index contributed by atoms with van der Waals surface area (Å²) >= 11 is 0. The molecule has 2 unspecified atom stereocenters. The Kier molecular flexibility index (Phi) is 3.07. The molecule has 20 heavy (non-hydrogen) atoms. The number of nitrogens with one attached hydrogen (secondary N) is 1. The van der Waals surface area contributed by atoms with Gasteiger partial charge in [0.15, 0.2) is 0 Å². The highest BCUT2D eigenvalue weighted by Gasteiger charge is 2.51. The lowest BCUT2D eigenvalue weighted by Crippen LogP contribution is -2.44. The summed E-state index contributed by atoms with van der Waals surface area (Å²) in [6.07, 6.45) is 10.0. The van der Waals surface area contributed by atoms with Crippen molar-refractivity contribution in [2.45, 2.75) is 50.7 Å². The van der Waals surface area contributed by atoms with E-state index in [0.29, 0.717) is 6.10 Å². The van der Waals surface area contributed by atoms with E-state index in [0.717, 1.165) is 43.6 Å². The molecule has 5 heteroatoms. The fourth-order valence-electron chi connectivity index (χ4n) is 3.66. The molecule has 1 N–H and O–H groups in total. The molecular weight excluding hydrogens is 252 g/mol. The maximum atomic E-state index is 6.13. The molecule has 1 aromatic heterocycles. The molecule has 1 saturated heterocycles. The van der Waals surface area contributed by atoms with Crippen molar-refractivity contribution in [3.05, 3.63) is 11.9 Å². The number of ether oxygens (including phenoxy) is 1. The van der Waals surface area contributed by atoms with Crippen LogP contribution in [0.25, 0.3) is 0 Å². The van der Waals surface area contributed by atoms with Gasteiger partial charge < -0.3 is 10.1 Å². The second-order valence-corrected chi connectivity index (χ2v) is 6.96. The van der Waals surface area contributed by atoms with Gasteiger partial charge in [-0.15, -0.1) is 5.10 Å². The second kappa shape index (κ2) is 4.81. The van der Waals surface area contributed by atoms with Crippen molar-refractivity contribution in [3.63, 3.8) is 0 Å². The molecule has 5 nitrogen and oxygen atoms in total. The molecule has 0 spiro atoms. The lowest BCUT2D eigenvalue weighted by atomic mass is 9.75. The van der Waals surface area contributed by atoms with Gasteiger partial charge in [0.05, 0.1) is 11.8 Å². The van der Waals surface area contributed by atoms with Crippen LogP contribution in [0.4, 0.5) is 0 Å². The third-order valence-corrected chi connectivity index (χ3v) is 5.05. The molecule has 0 aromatic carbocycles. The fourth-order valence-corrected chi connectivity index (χ4v) is 3.66. The predicted molar refractivity (Wildman–Crippen MR) is 75.2 cm³/mol. The quantitative estimate of drug-likeness (QED) is 0.851. The summed E-state index contributed by atoms with van der Waals surface area (Å²) in [6, 6.07) is 0.759. The van der Waals surface area contributed by atoms with E-state index in [9.17, 15) is 0 Å². The van der Waals surface area contributed by atoms with Crippen LogP contribution < -0.4 is 5.32 Å². The molecule has 1 aliphatic heterocycles. The topological polar surface area (TPSA) is 52.0 Å². The van der Waals surface area contributed by atoms with E-state index in [1.807, 2.05) is 7.05 Å². The summed E-state index contributed by atoms with van der Waals surface area (Å²) in [4.78, 5) is 0. The Morgan fingerprint density at radius 3 is 2.90 bits per heavy atom. The Morgan fingerprint density at radius 1 is 1.40 bits per heavy atom. The van der Waals surface area contributed by atoms with Crippen molar-refractivity contribution < 1.29 is 4.74 Å². The van der Waals surface area contributed by atoms with Crippen molar-refractivity contribution in [1.82, 2.24) is 20.3 Å². The molecular formula is C15H24N4O. The number of aromatic nitrogens is 3. The molecule has 0 bridgehead atoms. The van der Waals surface area contributed by atoms with Crippen molar-refractivity contribution in [2.24, 2.45) is 18.4 Å². The highest BCUT2D eigenvalue weighted by Crippen LogP contribution is 2.49. The van der Waals surface area contributed by atoms with Gasteiger partial charge in [-0.3, -0.25) is 4.68 Å². The van der Waals surface area contributed by atoms with E-state index >= 15 is 0 Å². The SMILES string of the molecule is Cn1cc(CC2(CNC3CC3)CCOC2C2CC2)nn1. The second-order valence-electron chi connectivity index (χ2n) is 6.96. The van der Waals surface area contributed by atoms with E-state index in [1.165, 1.54) is 25.7 Å². The van der Waals surface area contributed by atoms with Crippen LogP contribution in [0.3, 0.4) is 0 Å². The molecule has 2 saturated carbocycles. The number of nitrogens with zero attached hydrogens (tertiary/aromatic N) is 3. The summed E-state index contributed by atoms with van der Waals surface area (Å²) in [5, 5.41) is 12.1. The Balaban J connectivity index is 1.53. The van der Waals surface area contributed by atoms with Crippen LogP contribution >= 0.6 is 0 Å². The standard InChI is InChI=1S/C15H24N4O/c1-19-9-13(17-18-19)8-15(10-16-12-4-5-12)6-7-20-14(15)11-2-3-11/h9,11-12,14,16H,2-8,10H2,1H3. The van der Waals surface area contributed by atoms with Crippen molar-refractivity contribution in [2.75, 3.05) is 13.2 Å². The molecule has 2 atom stereocenters. The average Bonchev–Trinajstić information content (AvgIpc) is 3.35. The van der Waals surface area contributed by atoms with Crippen LogP contribution in [0.15, 0.2) is 6.20 Å². The lowest BCUT2D eigenvalue weighted by Gasteiger charge is -2.34. The zero-order valence-corrected chi connectivity index (χ0v) is 12.2. The van der Waals surface area contributed by atoms with Crippen LogP contribution in [-0.2, 0) is 18.2 Å². The monoisotopic (exact) mass is 276 g/mol. The van der Waals surface area contributed by atoms with Gasteiger partial charge in [0, 0.05) is 44.3 Å². The van der Waals surface area contributed by atoms with E-state index in [2.05, 4.69) is 21.8 Å². The van der Waals surface area contributed by atoms with Gasteiger partial charge >= 0.3 is 0 Å². The van der Waals surface area contributed by atoms with Gasteiger partial charge in [-0.2, -0.15) is 0 Å². The van der Waals surface area contributed by atoms with Crippen LogP contribution in [0, 0.1) is 11.3 Å². The first-order valence-corrected chi connectivity index (χ1v) is 7.95. The molecule has 3 fully saturated rings. The first-order valence-electron chi connectivity index (χ1n) is 7.95. The third-order valence-electron chi connectivity index (χ3n) is 5.05. The Bertz CT molecular complexity index is 480. The van der Waals surface area contributed by atoms with E-state index in [-0.39, 0.29) is 5.41 Å². The summed E-state index contributed by atoms with van der Waals surface area (Å²) in [6.45, 7) is 1.99. The summed E-state index contributed by atoms with van der Waals surface area (Å²) < 4.78 is 7.93. The third kappa shape index (κ3) is 2.49. The van der Waals surface area contributed by atoms with Crippen LogP contribution in [0.2, 0.25) is 0 Å². The minimum Gasteiger partial charge on any atom is -0.377 e. The number of rotatable bonds is 6. The molecule has 2 aliphatic carbocycles.